The number of rotatable bonds is 7. The molecule has 1 saturated heterocycles. The molecule has 0 N–H and O–H groups in total. The minimum absolute atomic E-state index is 0.131. The van der Waals surface area contributed by atoms with Crippen LogP contribution in [0.25, 0.3) is 0 Å². The minimum Gasteiger partial charge on any atom is -0.491 e. The largest absolute Gasteiger partial charge is 0.491 e. The van der Waals surface area contributed by atoms with Crippen LogP contribution in [0.1, 0.15) is 10.4 Å². The maximum atomic E-state index is 12.8. The number of hydrogen-bond donors (Lipinski definition) is 0. The van der Waals surface area contributed by atoms with E-state index >= 15 is 0 Å². The van der Waals surface area contributed by atoms with Gasteiger partial charge in [-0.2, -0.15) is 4.31 Å². The number of methoxy groups -OCH3 is 1. The van der Waals surface area contributed by atoms with E-state index in [2.05, 4.69) is 0 Å². The normalized spacial score (nSPS) is 15.4. The second-order valence-corrected chi connectivity index (χ2v) is 8.32. The quantitative estimate of drug-likeness (QED) is 0.659. The van der Waals surface area contributed by atoms with Crippen LogP contribution >= 0.6 is 0 Å². The molecule has 7 nitrogen and oxygen atoms in total. The van der Waals surface area contributed by atoms with Crippen LogP contribution in [0.15, 0.2) is 59.5 Å². The first-order valence-corrected chi connectivity index (χ1v) is 10.5. The molecule has 8 heteroatoms. The van der Waals surface area contributed by atoms with Gasteiger partial charge in [-0.05, 0) is 30.3 Å². The summed E-state index contributed by atoms with van der Waals surface area (Å²) in [4.78, 5) is 14.7. The zero-order valence-electron chi connectivity index (χ0n) is 15.8. The lowest BCUT2D eigenvalue weighted by Crippen LogP contribution is -2.50. The molecule has 1 aliphatic rings. The van der Waals surface area contributed by atoms with Gasteiger partial charge in [0, 0.05) is 38.9 Å². The van der Waals surface area contributed by atoms with Crippen LogP contribution in [0.5, 0.6) is 5.75 Å². The van der Waals surface area contributed by atoms with Crippen molar-refractivity contribution < 1.29 is 22.7 Å². The SMILES string of the molecule is COCCOc1cccc(C(=O)N2CCN(S(=O)(=O)c3ccccc3)CC2)c1. The number of benzene rings is 2. The Morgan fingerprint density at radius 3 is 2.36 bits per heavy atom. The van der Waals surface area contributed by atoms with Gasteiger partial charge < -0.3 is 14.4 Å². The monoisotopic (exact) mass is 404 g/mol. The lowest BCUT2D eigenvalue weighted by Gasteiger charge is -2.34. The number of carbonyl (C=O) groups excluding carboxylic acids is 1. The summed E-state index contributed by atoms with van der Waals surface area (Å²) < 4.78 is 37.3. The number of hydrogen-bond acceptors (Lipinski definition) is 5. The van der Waals surface area contributed by atoms with Gasteiger partial charge in [-0.3, -0.25) is 4.79 Å². The Labute approximate surface area is 165 Å². The molecule has 1 heterocycles. The topological polar surface area (TPSA) is 76.2 Å². The van der Waals surface area contributed by atoms with E-state index in [9.17, 15) is 13.2 Å². The highest BCUT2D eigenvalue weighted by molar-refractivity contribution is 7.89. The Morgan fingerprint density at radius 1 is 0.964 bits per heavy atom. The molecule has 2 aromatic rings. The van der Waals surface area contributed by atoms with E-state index in [0.29, 0.717) is 37.6 Å². The van der Waals surface area contributed by atoms with E-state index in [-0.39, 0.29) is 23.9 Å². The summed E-state index contributed by atoms with van der Waals surface area (Å²) in [7, 11) is -1.93. The highest BCUT2D eigenvalue weighted by atomic mass is 32.2. The van der Waals surface area contributed by atoms with Gasteiger partial charge in [-0.25, -0.2) is 8.42 Å². The molecule has 0 saturated carbocycles. The zero-order valence-corrected chi connectivity index (χ0v) is 16.6. The van der Waals surface area contributed by atoms with Crippen molar-refractivity contribution in [2.24, 2.45) is 0 Å². The van der Waals surface area contributed by atoms with Gasteiger partial charge >= 0.3 is 0 Å². The first-order chi connectivity index (χ1) is 13.5. The fourth-order valence-corrected chi connectivity index (χ4v) is 4.46. The van der Waals surface area contributed by atoms with Crippen LogP contribution in [0, 0.1) is 0 Å². The number of sulfonamides is 1. The summed E-state index contributed by atoms with van der Waals surface area (Å²) in [6, 6.07) is 15.3. The zero-order chi connectivity index (χ0) is 20.0. The maximum absolute atomic E-state index is 12.8. The second-order valence-electron chi connectivity index (χ2n) is 6.38. The number of ether oxygens (including phenoxy) is 2. The molecular formula is C20H24N2O5S. The first-order valence-electron chi connectivity index (χ1n) is 9.08. The van der Waals surface area contributed by atoms with Gasteiger partial charge in [0.15, 0.2) is 0 Å². The Morgan fingerprint density at radius 2 is 1.68 bits per heavy atom. The average molecular weight is 404 g/mol. The van der Waals surface area contributed by atoms with E-state index in [4.69, 9.17) is 9.47 Å². The van der Waals surface area contributed by atoms with Crippen molar-refractivity contribution in [3.63, 3.8) is 0 Å². The summed E-state index contributed by atoms with van der Waals surface area (Å²) in [5.41, 5.74) is 0.522. The molecule has 0 bridgehead atoms. The van der Waals surface area contributed by atoms with E-state index in [1.807, 2.05) is 0 Å². The third-order valence-electron chi connectivity index (χ3n) is 4.54. The van der Waals surface area contributed by atoms with Crippen molar-refractivity contribution >= 4 is 15.9 Å². The van der Waals surface area contributed by atoms with Crippen LogP contribution < -0.4 is 4.74 Å². The molecule has 0 atom stereocenters. The lowest BCUT2D eigenvalue weighted by molar-refractivity contribution is 0.0697. The van der Waals surface area contributed by atoms with Crippen molar-refractivity contribution in [3.05, 3.63) is 60.2 Å². The average Bonchev–Trinajstić information content (AvgIpc) is 2.74. The van der Waals surface area contributed by atoms with Crippen molar-refractivity contribution in [2.75, 3.05) is 46.5 Å². The van der Waals surface area contributed by atoms with Crippen molar-refractivity contribution in [1.82, 2.24) is 9.21 Å². The highest BCUT2D eigenvalue weighted by Gasteiger charge is 2.30. The smallest absolute Gasteiger partial charge is 0.254 e. The van der Waals surface area contributed by atoms with E-state index in [1.165, 1.54) is 4.31 Å². The summed E-state index contributed by atoms with van der Waals surface area (Å²) in [6.45, 7) is 2.11. The third kappa shape index (κ3) is 4.70. The minimum atomic E-state index is -3.53. The standard InChI is InChI=1S/C20H24N2O5S/c1-26-14-15-27-18-7-5-6-17(16-18)20(23)21-10-12-22(13-11-21)28(24,25)19-8-3-2-4-9-19/h2-9,16H,10-15H2,1H3. The van der Waals surface area contributed by atoms with Crippen molar-refractivity contribution in [2.45, 2.75) is 4.90 Å². The first kappa shape index (κ1) is 20.3. The molecule has 1 amide bonds. The van der Waals surface area contributed by atoms with Gasteiger partial charge in [-0.1, -0.05) is 24.3 Å². The molecular weight excluding hydrogens is 380 g/mol. The van der Waals surface area contributed by atoms with E-state index in [1.54, 1.807) is 66.6 Å². The van der Waals surface area contributed by atoms with Crippen LogP contribution in [0.2, 0.25) is 0 Å². The molecule has 0 radical (unpaired) electrons. The molecule has 150 valence electrons. The molecule has 1 fully saturated rings. The van der Waals surface area contributed by atoms with Crippen LogP contribution in [-0.4, -0.2) is 70.0 Å². The Bertz CT molecular complexity index is 894. The van der Waals surface area contributed by atoms with E-state index < -0.39 is 10.0 Å². The molecule has 0 aromatic heterocycles. The van der Waals surface area contributed by atoms with Crippen molar-refractivity contribution in [3.8, 4) is 5.75 Å². The summed E-state index contributed by atoms with van der Waals surface area (Å²) in [6.07, 6.45) is 0. The number of nitrogens with zero attached hydrogens (tertiary/aromatic N) is 2. The van der Waals surface area contributed by atoms with Gasteiger partial charge in [0.2, 0.25) is 10.0 Å². The van der Waals surface area contributed by atoms with Gasteiger partial charge in [0.1, 0.15) is 12.4 Å². The molecule has 2 aromatic carbocycles. The molecule has 3 rings (SSSR count). The summed E-state index contributed by atoms with van der Waals surface area (Å²) in [5, 5.41) is 0. The predicted molar refractivity (Wildman–Crippen MR) is 105 cm³/mol. The van der Waals surface area contributed by atoms with Gasteiger partial charge in [-0.15, -0.1) is 0 Å². The maximum Gasteiger partial charge on any atom is 0.254 e. The van der Waals surface area contributed by atoms with Crippen LogP contribution in [0.3, 0.4) is 0 Å². The predicted octanol–water partition coefficient (Wildman–Crippen LogP) is 1.86. The number of amides is 1. The van der Waals surface area contributed by atoms with Crippen molar-refractivity contribution in [1.29, 1.82) is 0 Å². The Kier molecular flexibility index (Phi) is 6.66. The Balaban J connectivity index is 1.62. The summed E-state index contributed by atoms with van der Waals surface area (Å²) in [5.74, 6) is 0.474. The third-order valence-corrected chi connectivity index (χ3v) is 6.46. The molecule has 1 aliphatic heterocycles. The van der Waals surface area contributed by atoms with Gasteiger partial charge in [0.25, 0.3) is 5.91 Å². The molecule has 0 spiro atoms. The molecule has 0 unspecified atom stereocenters. The van der Waals surface area contributed by atoms with Gasteiger partial charge in [0.05, 0.1) is 11.5 Å². The van der Waals surface area contributed by atoms with Crippen LogP contribution in [-0.2, 0) is 14.8 Å². The Hall–Kier alpha value is -2.42. The lowest BCUT2D eigenvalue weighted by atomic mass is 10.1. The second kappa shape index (κ2) is 9.18. The molecule has 0 aliphatic carbocycles. The molecule has 28 heavy (non-hydrogen) atoms. The highest BCUT2D eigenvalue weighted by Crippen LogP contribution is 2.19. The summed E-state index contributed by atoms with van der Waals surface area (Å²) >= 11 is 0. The number of piperazine rings is 1. The fourth-order valence-electron chi connectivity index (χ4n) is 3.02. The number of carbonyl (C=O) groups is 1. The van der Waals surface area contributed by atoms with Crippen LogP contribution in [0.4, 0.5) is 0 Å². The van der Waals surface area contributed by atoms with E-state index in [0.717, 1.165) is 0 Å². The fraction of sp³-hybridized carbons (Fsp3) is 0.350.